The molecule has 0 fully saturated rings. The van der Waals surface area contributed by atoms with Gasteiger partial charge >= 0.3 is 0 Å². The molecule has 0 aromatic carbocycles. The van der Waals surface area contributed by atoms with Crippen LogP contribution in [0.25, 0.3) is 0 Å². The molecule has 0 saturated carbocycles. The molecule has 2 heterocycles. The Kier molecular flexibility index (Phi) is 4.09. The second-order valence-corrected chi connectivity index (χ2v) is 5.44. The van der Waals surface area contributed by atoms with Crippen molar-refractivity contribution in [1.82, 2.24) is 9.97 Å². The van der Waals surface area contributed by atoms with E-state index in [2.05, 4.69) is 15.3 Å². The van der Waals surface area contributed by atoms with Crippen LogP contribution in [-0.2, 0) is 6.54 Å². The third-order valence-corrected chi connectivity index (χ3v) is 3.89. The highest BCUT2D eigenvalue weighted by Gasteiger charge is 2.08. The van der Waals surface area contributed by atoms with E-state index in [4.69, 9.17) is 34.8 Å². The SMILES string of the molecule is Cc1csc(CNc2nc(Cl)c(Cl)cc2Cl)n1. The number of pyridine rings is 1. The fourth-order valence-electron chi connectivity index (χ4n) is 1.21. The number of aromatic nitrogens is 2. The summed E-state index contributed by atoms with van der Waals surface area (Å²) < 4.78 is 0. The maximum atomic E-state index is 5.99. The summed E-state index contributed by atoms with van der Waals surface area (Å²) >= 11 is 19.2. The summed E-state index contributed by atoms with van der Waals surface area (Å²) in [5.74, 6) is 0.508. The first-order valence-corrected chi connectivity index (χ1v) is 6.74. The molecule has 2 aromatic heterocycles. The summed E-state index contributed by atoms with van der Waals surface area (Å²) in [6.07, 6.45) is 0. The average molecular weight is 309 g/mol. The lowest BCUT2D eigenvalue weighted by Crippen LogP contribution is -2.02. The molecule has 1 N–H and O–H groups in total. The first-order valence-electron chi connectivity index (χ1n) is 4.72. The Labute approximate surface area is 118 Å². The molecule has 0 atom stereocenters. The van der Waals surface area contributed by atoms with E-state index in [0.717, 1.165) is 10.7 Å². The molecule has 0 aliphatic rings. The van der Waals surface area contributed by atoms with Gasteiger partial charge in [-0.2, -0.15) is 0 Å². The number of hydrogen-bond donors (Lipinski definition) is 1. The van der Waals surface area contributed by atoms with Gasteiger partial charge in [0.15, 0.2) is 0 Å². The maximum absolute atomic E-state index is 5.99. The van der Waals surface area contributed by atoms with E-state index in [0.29, 0.717) is 22.4 Å². The van der Waals surface area contributed by atoms with Gasteiger partial charge in [-0.15, -0.1) is 11.3 Å². The fourth-order valence-corrected chi connectivity index (χ4v) is 2.49. The van der Waals surface area contributed by atoms with Crippen LogP contribution in [-0.4, -0.2) is 9.97 Å². The van der Waals surface area contributed by atoms with Gasteiger partial charge in [-0.05, 0) is 13.0 Å². The smallest absolute Gasteiger partial charge is 0.150 e. The highest BCUT2D eigenvalue weighted by atomic mass is 35.5. The van der Waals surface area contributed by atoms with Crippen molar-refractivity contribution in [2.24, 2.45) is 0 Å². The molecule has 17 heavy (non-hydrogen) atoms. The van der Waals surface area contributed by atoms with Gasteiger partial charge in [0.1, 0.15) is 16.0 Å². The summed E-state index contributed by atoms with van der Waals surface area (Å²) in [5, 5.41) is 7.03. The topological polar surface area (TPSA) is 37.8 Å². The Morgan fingerprint density at radius 1 is 1.24 bits per heavy atom. The number of aryl methyl sites for hydroxylation is 1. The van der Waals surface area contributed by atoms with Gasteiger partial charge in [0, 0.05) is 11.1 Å². The normalized spacial score (nSPS) is 10.6. The minimum Gasteiger partial charge on any atom is -0.362 e. The number of rotatable bonds is 3. The van der Waals surface area contributed by atoms with Crippen LogP contribution >= 0.6 is 46.1 Å². The maximum Gasteiger partial charge on any atom is 0.150 e. The lowest BCUT2D eigenvalue weighted by molar-refractivity contribution is 1.06. The average Bonchev–Trinajstić information content (AvgIpc) is 2.68. The van der Waals surface area contributed by atoms with Gasteiger partial charge in [0.2, 0.25) is 0 Å². The number of nitrogens with one attached hydrogen (secondary N) is 1. The summed E-state index contributed by atoms with van der Waals surface area (Å²) in [5.41, 5.74) is 1.000. The number of nitrogens with zero attached hydrogens (tertiary/aromatic N) is 2. The molecule has 0 aliphatic heterocycles. The van der Waals surface area contributed by atoms with Crippen molar-refractivity contribution in [2.75, 3.05) is 5.32 Å². The van der Waals surface area contributed by atoms with Gasteiger partial charge in [-0.1, -0.05) is 34.8 Å². The van der Waals surface area contributed by atoms with Crippen LogP contribution in [0.3, 0.4) is 0 Å². The second-order valence-electron chi connectivity index (χ2n) is 3.33. The van der Waals surface area contributed by atoms with Crippen molar-refractivity contribution in [1.29, 1.82) is 0 Å². The van der Waals surface area contributed by atoms with Crippen molar-refractivity contribution in [3.8, 4) is 0 Å². The Hall–Kier alpha value is -0.550. The largest absolute Gasteiger partial charge is 0.362 e. The highest BCUT2D eigenvalue weighted by molar-refractivity contribution is 7.09. The van der Waals surface area contributed by atoms with E-state index >= 15 is 0 Å². The lowest BCUT2D eigenvalue weighted by Gasteiger charge is -2.06. The van der Waals surface area contributed by atoms with E-state index in [9.17, 15) is 0 Å². The van der Waals surface area contributed by atoms with E-state index in [1.54, 1.807) is 17.4 Å². The highest BCUT2D eigenvalue weighted by Crippen LogP contribution is 2.29. The zero-order valence-electron chi connectivity index (χ0n) is 8.80. The predicted octanol–water partition coefficient (Wildman–Crippen LogP) is 4.42. The number of hydrogen-bond acceptors (Lipinski definition) is 4. The molecule has 0 amide bonds. The zero-order chi connectivity index (χ0) is 12.4. The summed E-state index contributed by atoms with van der Waals surface area (Å²) in [4.78, 5) is 8.38. The van der Waals surface area contributed by atoms with Gasteiger partial charge in [0.25, 0.3) is 0 Å². The Balaban J connectivity index is 2.11. The third-order valence-electron chi connectivity index (χ3n) is 1.96. The Bertz CT molecular complexity index is 542. The van der Waals surface area contributed by atoms with E-state index in [1.807, 2.05) is 12.3 Å². The molecule has 2 rings (SSSR count). The van der Waals surface area contributed by atoms with Crippen LogP contribution in [0.2, 0.25) is 15.2 Å². The molecule has 3 nitrogen and oxygen atoms in total. The number of halogens is 3. The molecule has 0 unspecified atom stereocenters. The molecular weight excluding hydrogens is 301 g/mol. The monoisotopic (exact) mass is 307 g/mol. The standard InChI is InChI=1S/C10H8Cl3N3S/c1-5-4-17-8(15-5)3-14-10-7(12)2-6(11)9(13)16-10/h2,4H,3H2,1H3,(H,14,16). The fraction of sp³-hybridized carbons (Fsp3) is 0.200. The molecule has 0 saturated heterocycles. The van der Waals surface area contributed by atoms with Gasteiger partial charge in [0.05, 0.1) is 16.6 Å². The number of thiazole rings is 1. The van der Waals surface area contributed by atoms with E-state index in [-0.39, 0.29) is 5.15 Å². The van der Waals surface area contributed by atoms with Crippen LogP contribution in [0.15, 0.2) is 11.4 Å². The lowest BCUT2D eigenvalue weighted by atomic mass is 10.4. The molecule has 0 bridgehead atoms. The van der Waals surface area contributed by atoms with Crippen LogP contribution in [0.4, 0.5) is 5.82 Å². The van der Waals surface area contributed by atoms with Crippen molar-refractivity contribution in [2.45, 2.75) is 13.5 Å². The molecule has 0 spiro atoms. The van der Waals surface area contributed by atoms with Crippen LogP contribution in [0, 0.1) is 6.92 Å². The van der Waals surface area contributed by atoms with Gasteiger partial charge in [-0.3, -0.25) is 0 Å². The van der Waals surface area contributed by atoms with Crippen molar-refractivity contribution < 1.29 is 0 Å². The number of anilines is 1. The molecule has 0 aliphatic carbocycles. The summed E-state index contributed by atoms with van der Waals surface area (Å²) in [6.45, 7) is 2.51. The molecule has 2 aromatic rings. The van der Waals surface area contributed by atoms with Crippen molar-refractivity contribution >= 4 is 52.0 Å². The zero-order valence-corrected chi connectivity index (χ0v) is 11.9. The molecular formula is C10H8Cl3N3S. The van der Waals surface area contributed by atoms with E-state index < -0.39 is 0 Å². The molecule has 0 radical (unpaired) electrons. The summed E-state index contributed by atoms with van der Waals surface area (Å²) in [6, 6.07) is 1.56. The van der Waals surface area contributed by atoms with Crippen LogP contribution < -0.4 is 5.32 Å². The quantitative estimate of drug-likeness (QED) is 0.853. The van der Waals surface area contributed by atoms with E-state index in [1.165, 1.54) is 0 Å². The second kappa shape index (κ2) is 5.40. The molecule has 7 heteroatoms. The Morgan fingerprint density at radius 3 is 2.65 bits per heavy atom. The van der Waals surface area contributed by atoms with Gasteiger partial charge < -0.3 is 5.32 Å². The van der Waals surface area contributed by atoms with Crippen molar-refractivity contribution in [3.63, 3.8) is 0 Å². The Morgan fingerprint density at radius 2 is 2.00 bits per heavy atom. The van der Waals surface area contributed by atoms with Crippen LogP contribution in [0.1, 0.15) is 10.7 Å². The first kappa shape index (κ1) is 12.9. The first-order chi connectivity index (χ1) is 8.06. The van der Waals surface area contributed by atoms with Gasteiger partial charge in [-0.25, -0.2) is 9.97 Å². The molecule has 90 valence electrons. The van der Waals surface area contributed by atoms with Crippen molar-refractivity contribution in [3.05, 3.63) is 37.3 Å². The van der Waals surface area contributed by atoms with Crippen LogP contribution in [0.5, 0.6) is 0 Å². The minimum absolute atomic E-state index is 0.230. The summed E-state index contributed by atoms with van der Waals surface area (Å²) in [7, 11) is 0. The predicted molar refractivity (Wildman–Crippen MR) is 73.4 cm³/mol. The minimum atomic E-state index is 0.230. The third kappa shape index (κ3) is 3.22.